The van der Waals surface area contributed by atoms with Gasteiger partial charge in [0.05, 0.1) is 17.0 Å². The number of hydrogen-bond donors (Lipinski definition) is 1. The Hall–Kier alpha value is -1.95. The molecular formula is C14H15FN2O2S. The molecular weight excluding hydrogens is 279 g/mol. The molecule has 2 aromatic rings. The fourth-order valence-electron chi connectivity index (χ4n) is 1.98. The Morgan fingerprint density at radius 1 is 1.35 bits per heavy atom. The highest BCUT2D eigenvalue weighted by Gasteiger charge is 2.22. The summed E-state index contributed by atoms with van der Waals surface area (Å²) in [5.74, 6) is -0.363. The third kappa shape index (κ3) is 3.14. The molecule has 1 atom stereocenters. The van der Waals surface area contributed by atoms with Crippen LogP contribution in [0, 0.1) is 21.8 Å². The summed E-state index contributed by atoms with van der Waals surface area (Å²) >= 11 is 1.59. The topological polar surface area (TPSA) is 55.2 Å². The Labute approximate surface area is 120 Å². The quantitative estimate of drug-likeness (QED) is 0.647. The highest BCUT2D eigenvalue weighted by molar-refractivity contribution is 7.10. The minimum atomic E-state index is -0.612. The first-order valence-corrected chi connectivity index (χ1v) is 7.11. The van der Waals surface area contributed by atoms with Crippen LogP contribution in [0.25, 0.3) is 0 Å². The van der Waals surface area contributed by atoms with Crippen LogP contribution in [-0.4, -0.2) is 4.92 Å². The van der Waals surface area contributed by atoms with Gasteiger partial charge in [0.1, 0.15) is 11.5 Å². The summed E-state index contributed by atoms with van der Waals surface area (Å²) in [5.41, 5.74) is 0.0932. The predicted molar refractivity (Wildman–Crippen MR) is 78.6 cm³/mol. The lowest BCUT2D eigenvalue weighted by Gasteiger charge is -2.22. The molecule has 106 valence electrons. The summed E-state index contributed by atoms with van der Waals surface area (Å²) < 4.78 is 13.1. The lowest BCUT2D eigenvalue weighted by molar-refractivity contribution is -0.384. The van der Waals surface area contributed by atoms with Crippen molar-refractivity contribution in [3.05, 3.63) is 56.5 Å². The molecule has 0 aliphatic rings. The van der Waals surface area contributed by atoms with Gasteiger partial charge in [-0.05, 0) is 29.5 Å². The molecule has 1 heterocycles. The van der Waals surface area contributed by atoms with Crippen molar-refractivity contribution in [1.29, 1.82) is 0 Å². The van der Waals surface area contributed by atoms with Crippen LogP contribution < -0.4 is 5.32 Å². The lowest BCUT2D eigenvalue weighted by atomic mass is 10.0. The smallest absolute Gasteiger partial charge is 0.295 e. The van der Waals surface area contributed by atoms with Crippen molar-refractivity contribution < 1.29 is 9.31 Å². The van der Waals surface area contributed by atoms with E-state index in [0.29, 0.717) is 5.69 Å². The van der Waals surface area contributed by atoms with E-state index < -0.39 is 10.7 Å². The summed E-state index contributed by atoms with van der Waals surface area (Å²) in [6.07, 6.45) is 0. The second kappa shape index (κ2) is 6.00. The molecule has 0 aliphatic carbocycles. The van der Waals surface area contributed by atoms with Gasteiger partial charge in [-0.3, -0.25) is 10.1 Å². The van der Waals surface area contributed by atoms with Crippen molar-refractivity contribution in [2.45, 2.75) is 19.9 Å². The number of benzene rings is 1. The summed E-state index contributed by atoms with van der Waals surface area (Å²) in [6.45, 7) is 4.07. The molecule has 1 aromatic heterocycles. The molecule has 1 N–H and O–H groups in total. The van der Waals surface area contributed by atoms with Gasteiger partial charge in [0.15, 0.2) is 0 Å². The first kappa shape index (κ1) is 14.5. The second-order valence-corrected chi connectivity index (χ2v) is 5.78. The van der Waals surface area contributed by atoms with Gasteiger partial charge in [0.25, 0.3) is 5.69 Å². The normalized spacial score (nSPS) is 12.4. The van der Waals surface area contributed by atoms with Crippen LogP contribution in [0.5, 0.6) is 0 Å². The SMILES string of the molecule is CC(C)C(Nc1ccc(F)cc1[N+](=O)[O-])c1cccs1. The number of nitro groups is 1. The average Bonchev–Trinajstić information content (AvgIpc) is 2.90. The minimum Gasteiger partial charge on any atom is -0.372 e. The van der Waals surface area contributed by atoms with Crippen molar-refractivity contribution in [2.75, 3.05) is 5.32 Å². The third-order valence-corrected chi connectivity index (χ3v) is 3.94. The van der Waals surface area contributed by atoms with Crippen molar-refractivity contribution in [1.82, 2.24) is 0 Å². The van der Waals surface area contributed by atoms with E-state index in [1.165, 1.54) is 12.1 Å². The maximum absolute atomic E-state index is 13.1. The van der Waals surface area contributed by atoms with Gasteiger partial charge in [-0.15, -0.1) is 11.3 Å². The summed E-state index contributed by atoms with van der Waals surface area (Å²) in [4.78, 5) is 11.5. The molecule has 0 spiro atoms. The van der Waals surface area contributed by atoms with Crippen LogP contribution in [0.1, 0.15) is 24.8 Å². The number of thiophene rings is 1. The Morgan fingerprint density at radius 3 is 2.65 bits per heavy atom. The highest BCUT2D eigenvalue weighted by Crippen LogP contribution is 2.33. The number of nitrogens with zero attached hydrogens (tertiary/aromatic N) is 1. The Kier molecular flexibility index (Phi) is 4.34. The summed E-state index contributed by atoms with van der Waals surface area (Å²) in [7, 11) is 0. The number of anilines is 1. The predicted octanol–water partition coefficient (Wildman–Crippen LogP) is 4.60. The van der Waals surface area contributed by atoms with E-state index in [0.717, 1.165) is 10.9 Å². The first-order valence-electron chi connectivity index (χ1n) is 6.23. The van der Waals surface area contributed by atoms with Crippen molar-refractivity contribution in [3.63, 3.8) is 0 Å². The summed E-state index contributed by atoms with van der Waals surface area (Å²) in [6, 6.07) is 7.46. The Balaban J connectivity index is 2.34. The van der Waals surface area contributed by atoms with E-state index >= 15 is 0 Å². The molecule has 2 rings (SSSR count). The van der Waals surface area contributed by atoms with Crippen LogP contribution in [0.2, 0.25) is 0 Å². The molecule has 0 bridgehead atoms. The maximum Gasteiger partial charge on any atom is 0.295 e. The van der Waals surface area contributed by atoms with E-state index in [-0.39, 0.29) is 17.6 Å². The van der Waals surface area contributed by atoms with Crippen molar-refractivity contribution >= 4 is 22.7 Å². The molecule has 0 fully saturated rings. The Morgan fingerprint density at radius 2 is 2.10 bits per heavy atom. The van der Waals surface area contributed by atoms with Gasteiger partial charge < -0.3 is 5.32 Å². The van der Waals surface area contributed by atoms with Crippen LogP contribution >= 0.6 is 11.3 Å². The second-order valence-electron chi connectivity index (χ2n) is 4.80. The first-order chi connectivity index (χ1) is 9.49. The fraction of sp³-hybridized carbons (Fsp3) is 0.286. The third-order valence-electron chi connectivity index (χ3n) is 2.98. The van der Waals surface area contributed by atoms with Crippen molar-refractivity contribution in [3.8, 4) is 0 Å². The zero-order valence-corrected chi connectivity index (χ0v) is 12.0. The van der Waals surface area contributed by atoms with Crippen LogP contribution in [0.15, 0.2) is 35.7 Å². The molecule has 1 unspecified atom stereocenters. The number of halogens is 1. The minimum absolute atomic E-state index is 0.0424. The zero-order valence-electron chi connectivity index (χ0n) is 11.2. The van der Waals surface area contributed by atoms with E-state index in [4.69, 9.17) is 0 Å². The number of nitrogens with one attached hydrogen (secondary N) is 1. The molecule has 1 aromatic carbocycles. The van der Waals surface area contributed by atoms with E-state index in [1.807, 2.05) is 31.4 Å². The van der Waals surface area contributed by atoms with E-state index in [1.54, 1.807) is 11.3 Å². The van der Waals surface area contributed by atoms with Gasteiger partial charge in [0.2, 0.25) is 0 Å². The zero-order chi connectivity index (χ0) is 14.7. The Bertz CT molecular complexity index is 599. The van der Waals surface area contributed by atoms with Gasteiger partial charge in [0, 0.05) is 4.88 Å². The van der Waals surface area contributed by atoms with Crippen LogP contribution in [0.3, 0.4) is 0 Å². The maximum atomic E-state index is 13.1. The lowest BCUT2D eigenvalue weighted by Crippen LogP contribution is -2.16. The molecule has 0 radical (unpaired) electrons. The van der Waals surface area contributed by atoms with E-state index in [2.05, 4.69) is 5.32 Å². The number of nitro benzene ring substituents is 1. The van der Waals surface area contributed by atoms with Crippen molar-refractivity contribution in [2.24, 2.45) is 5.92 Å². The number of hydrogen-bond acceptors (Lipinski definition) is 4. The molecule has 20 heavy (non-hydrogen) atoms. The van der Waals surface area contributed by atoms with E-state index in [9.17, 15) is 14.5 Å². The highest BCUT2D eigenvalue weighted by atomic mass is 32.1. The van der Waals surface area contributed by atoms with Gasteiger partial charge >= 0.3 is 0 Å². The standard InChI is InChI=1S/C14H15FN2O2S/c1-9(2)14(13-4-3-7-20-13)16-11-6-5-10(15)8-12(11)17(18)19/h3-9,14,16H,1-2H3. The molecule has 0 amide bonds. The molecule has 4 nitrogen and oxygen atoms in total. The average molecular weight is 294 g/mol. The monoisotopic (exact) mass is 294 g/mol. The molecule has 0 saturated carbocycles. The van der Waals surface area contributed by atoms with Gasteiger partial charge in [-0.1, -0.05) is 19.9 Å². The molecule has 0 aliphatic heterocycles. The summed E-state index contributed by atoms with van der Waals surface area (Å²) in [5, 5.41) is 16.1. The van der Waals surface area contributed by atoms with Gasteiger partial charge in [-0.2, -0.15) is 0 Å². The van der Waals surface area contributed by atoms with Gasteiger partial charge in [-0.25, -0.2) is 4.39 Å². The van der Waals surface area contributed by atoms with Crippen LogP contribution in [-0.2, 0) is 0 Å². The molecule has 6 heteroatoms. The fourth-order valence-corrected chi connectivity index (χ4v) is 2.93. The van der Waals surface area contributed by atoms with Crippen LogP contribution in [0.4, 0.5) is 15.8 Å². The largest absolute Gasteiger partial charge is 0.372 e. The number of rotatable bonds is 5. The molecule has 0 saturated heterocycles.